The lowest BCUT2D eigenvalue weighted by molar-refractivity contribution is 0.0614. The molecular formula is C14H19NO3. The van der Waals surface area contributed by atoms with Crippen LogP contribution in [0.25, 0.3) is 0 Å². The van der Waals surface area contributed by atoms with Gasteiger partial charge >= 0.3 is 0 Å². The van der Waals surface area contributed by atoms with Crippen LogP contribution in [0.4, 0.5) is 5.69 Å². The van der Waals surface area contributed by atoms with E-state index in [9.17, 15) is 5.11 Å². The van der Waals surface area contributed by atoms with Crippen molar-refractivity contribution in [2.45, 2.75) is 31.3 Å². The third kappa shape index (κ3) is 2.38. The van der Waals surface area contributed by atoms with Gasteiger partial charge in [0.2, 0.25) is 0 Å². The summed E-state index contributed by atoms with van der Waals surface area (Å²) in [6.45, 7) is 1.81. The molecule has 1 aliphatic carbocycles. The molecule has 4 heteroatoms. The molecule has 2 N–H and O–H groups in total. The van der Waals surface area contributed by atoms with E-state index in [0.717, 1.165) is 42.9 Å². The van der Waals surface area contributed by atoms with E-state index >= 15 is 0 Å². The first-order chi connectivity index (χ1) is 8.75. The zero-order chi connectivity index (χ0) is 12.4. The Hall–Kier alpha value is -1.42. The first-order valence-electron chi connectivity index (χ1n) is 6.61. The average Bonchev–Trinajstić information content (AvgIpc) is 2.84. The minimum absolute atomic E-state index is 0.534. The Bertz CT molecular complexity index is 427. The Morgan fingerprint density at radius 3 is 2.61 bits per heavy atom. The largest absolute Gasteiger partial charge is 0.486 e. The Balaban J connectivity index is 1.66. The summed E-state index contributed by atoms with van der Waals surface area (Å²) in [7, 11) is 0. The van der Waals surface area contributed by atoms with Crippen LogP contribution in [-0.2, 0) is 0 Å². The van der Waals surface area contributed by atoms with Crippen molar-refractivity contribution in [2.24, 2.45) is 0 Å². The van der Waals surface area contributed by atoms with Crippen molar-refractivity contribution in [1.82, 2.24) is 0 Å². The first-order valence-corrected chi connectivity index (χ1v) is 6.61. The Kier molecular flexibility index (Phi) is 3.04. The molecule has 18 heavy (non-hydrogen) atoms. The quantitative estimate of drug-likeness (QED) is 0.862. The van der Waals surface area contributed by atoms with Crippen LogP contribution in [0.3, 0.4) is 0 Å². The summed E-state index contributed by atoms with van der Waals surface area (Å²) < 4.78 is 11.0. The number of aliphatic hydroxyl groups is 1. The summed E-state index contributed by atoms with van der Waals surface area (Å²) in [5.74, 6) is 1.58. The highest BCUT2D eigenvalue weighted by atomic mass is 16.6. The smallest absolute Gasteiger partial charge is 0.163 e. The second-order valence-corrected chi connectivity index (χ2v) is 5.14. The Labute approximate surface area is 107 Å². The van der Waals surface area contributed by atoms with Crippen LogP contribution >= 0.6 is 0 Å². The highest BCUT2D eigenvalue weighted by molar-refractivity contribution is 5.55. The molecule has 1 heterocycles. The number of benzene rings is 1. The van der Waals surface area contributed by atoms with Gasteiger partial charge in [0, 0.05) is 18.3 Å². The molecule has 1 fully saturated rings. The van der Waals surface area contributed by atoms with E-state index in [2.05, 4.69) is 5.32 Å². The van der Waals surface area contributed by atoms with Crippen molar-refractivity contribution < 1.29 is 14.6 Å². The summed E-state index contributed by atoms with van der Waals surface area (Å²) in [6, 6.07) is 5.81. The lowest BCUT2D eigenvalue weighted by atomic mass is 10.0. The average molecular weight is 249 g/mol. The summed E-state index contributed by atoms with van der Waals surface area (Å²) in [6.07, 6.45) is 4.04. The number of rotatable bonds is 3. The van der Waals surface area contributed by atoms with Gasteiger partial charge in [0.1, 0.15) is 13.2 Å². The predicted molar refractivity (Wildman–Crippen MR) is 69.3 cm³/mol. The monoisotopic (exact) mass is 249 g/mol. The molecule has 1 aromatic rings. The van der Waals surface area contributed by atoms with Crippen LogP contribution in [0, 0.1) is 0 Å². The highest BCUT2D eigenvalue weighted by Gasteiger charge is 2.30. The number of nitrogens with one attached hydrogen (secondary N) is 1. The molecule has 0 spiro atoms. The van der Waals surface area contributed by atoms with Gasteiger partial charge in [0.05, 0.1) is 5.60 Å². The molecule has 2 aliphatic rings. The molecule has 1 saturated carbocycles. The molecule has 0 amide bonds. The van der Waals surface area contributed by atoms with Crippen LogP contribution in [0.15, 0.2) is 18.2 Å². The standard InChI is InChI=1S/C14H19NO3/c16-14(5-1-2-6-14)10-15-11-3-4-12-13(9-11)18-8-7-17-12/h3-4,9,15-16H,1-2,5-8,10H2. The highest BCUT2D eigenvalue weighted by Crippen LogP contribution is 2.34. The van der Waals surface area contributed by atoms with Gasteiger partial charge in [0.15, 0.2) is 11.5 Å². The lowest BCUT2D eigenvalue weighted by Gasteiger charge is -2.24. The fourth-order valence-electron chi connectivity index (χ4n) is 2.63. The molecule has 0 radical (unpaired) electrons. The second kappa shape index (κ2) is 4.69. The molecule has 3 rings (SSSR count). The van der Waals surface area contributed by atoms with Gasteiger partial charge in [0.25, 0.3) is 0 Å². The van der Waals surface area contributed by atoms with Crippen molar-refractivity contribution in [3.63, 3.8) is 0 Å². The van der Waals surface area contributed by atoms with E-state index in [-0.39, 0.29) is 0 Å². The molecule has 0 bridgehead atoms. The van der Waals surface area contributed by atoms with Crippen molar-refractivity contribution >= 4 is 5.69 Å². The zero-order valence-electron chi connectivity index (χ0n) is 10.4. The van der Waals surface area contributed by atoms with Crippen molar-refractivity contribution in [3.05, 3.63) is 18.2 Å². The van der Waals surface area contributed by atoms with E-state index < -0.39 is 5.60 Å². The van der Waals surface area contributed by atoms with Gasteiger partial charge in [-0.05, 0) is 25.0 Å². The van der Waals surface area contributed by atoms with Gasteiger partial charge in [-0.25, -0.2) is 0 Å². The maximum absolute atomic E-state index is 10.3. The summed E-state index contributed by atoms with van der Waals surface area (Å²) in [4.78, 5) is 0. The number of hydrogen-bond donors (Lipinski definition) is 2. The number of fused-ring (bicyclic) bond motifs is 1. The predicted octanol–water partition coefficient (Wildman–Crippen LogP) is 2.17. The third-order valence-corrected chi connectivity index (χ3v) is 3.70. The lowest BCUT2D eigenvalue weighted by Crippen LogP contribution is -2.33. The molecule has 98 valence electrons. The van der Waals surface area contributed by atoms with Crippen molar-refractivity contribution in [1.29, 1.82) is 0 Å². The van der Waals surface area contributed by atoms with E-state index in [1.54, 1.807) is 0 Å². The molecular weight excluding hydrogens is 230 g/mol. The summed E-state index contributed by atoms with van der Waals surface area (Å²) in [5, 5.41) is 13.6. The molecule has 0 saturated heterocycles. The van der Waals surface area contributed by atoms with Gasteiger partial charge in [-0.15, -0.1) is 0 Å². The van der Waals surface area contributed by atoms with Gasteiger partial charge in [-0.3, -0.25) is 0 Å². The minimum Gasteiger partial charge on any atom is -0.486 e. The van der Waals surface area contributed by atoms with Crippen LogP contribution in [0.1, 0.15) is 25.7 Å². The third-order valence-electron chi connectivity index (χ3n) is 3.70. The maximum atomic E-state index is 10.3. The summed E-state index contributed by atoms with van der Waals surface area (Å²) >= 11 is 0. The molecule has 0 unspecified atom stereocenters. The summed E-state index contributed by atoms with van der Waals surface area (Å²) in [5.41, 5.74) is 0.437. The topological polar surface area (TPSA) is 50.7 Å². The van der Waals surface area contributed by atoms with Crippen LogP contribution in [0.2, 0.25) is 0 Å². The maximum Gasteiger partial charge on any atom is 0.163 e. The van der Waals surface area contributed by atoms with Gasteiger partial charge in [-0.1, -0.05) is 12.8 Å². The molecule has 0 aromatic heterocycles. The normalized spacial score (nSPS) is 20.7. The van der Waals surface area contributed by atoms with Crippen molar-refractivity contribution in [3.8, 4) is 11.5 Å². The van der Waals surface area contributed by atoms with Crippen LogP contribution in [0.5, 0.6) is 11.5 Å². The zero-order valence-corrected chi connectivity index (χ0v) is 10.4. The first kappa shape index (κ1) is 11.7. The number of anilines is 1. The fraction of sp³-hybridized carbons (Fsp3) is 0.571. The Morgan fingerprint density at radius 1 is 1.11 bits per heavy atom. The molecule has 0 atom stereocenters. The molecule has 4 nitrogen and oxygen atoms in total. The van der Waals surface area contributed by atoms with E-state index in [1.807, 2.05) is 18.2 Å². The van der Waals surface area contributed by atoms with Gasteiger partial charge < -0.3 is 19.9 Å². The van der Waals surface area contributed by atoms with Crippen molar-refractivity contribution in [2.75, 3.05) is 25.1 Å². The van der Waals surface area contributed by atoms with Crippen LogP contribution < -0.4 is 14.8 Å². The van der Waals surface area contributed by atoms with Gasteiger partial charge in [-0.2, -0.15) is 0 Å². The van der Waals surface area contributed by atoms with E-state index in [0.29, 0.717) is 19.8 Å². The van der Waals surface area contributed by atoms with Crippen LogP contribution in [-0.4, -0.2) is 30.5 Å². The molecule has 1 aliphatic heterocycles. The fourth-order valence-corrected chi connectivity index (χ4v) is 2.63. The second-order valence-electron chi connectivity index (χ2n) is 5.14. The SMILES string of the molecule is OC1(CNc2ccc3c(c2)OCCO3)CCCC1. The number of hydrogen-bond acceptors (Lipinski definition) is 4. The van der Waals surface area contributed by atoms with E-state index in [4.69, 9.17) is 9.47 Å². The number of ether oxygens (including phenoxy) is 2. The molecule has 1 aromatic carbocycles. The minimum atomic E-state index is -0.534. The Morgan fingerprint density at radius 2 is 1.83 bits per heavy atom. The van der Waals surface area contributed by atoms with E-state index in [1.165, 1.54) is 0 Å².